The fourth-order valence-electron chi connectivity index (χ4n) is 1.96. The second-order valence-corrected chi connectivity index (χ2v) is 4.38. The highest BCUT2D eigenvalue weighted by Crippen LogP contribution is 2.29. The number of aryl methyl sites for hydroxylation is 1. The molecule has 108 valence electrons. The van der Waals surface area contributed by atoms with Crippen molar-refractivity contribution in [1.82, 2.24) is 20.1 Å². The average molecular weight is 289 g/mol. The van der Waals surface area contributed by atoms with Crippen molar-refractivity contribution in [2.75, 3.05) is 11.1 Å². The molecular weight excluding hydrogens is 278 g/mol. The lowest BCUT2D eigenvalue weighted by atomic mass is 10.2. The fraction of sp³-hybridized carbons (Fsp3) is 0.182. The maximum Gasteiger partial charge on any atom is 0.300 e. The molecule has 0 bridgehead atoms. The van der Waals surface area contributed by atoms with Crippen molar-refractivity contribution in [2.24, 2.45) is 7.05 Å². The van der Waals surface area contributed by atoms with Crippen molar-refractivity contribution in [3.8, 4) is 0 Å². The Hall–Kier alpha value is -3.17. The minimum absolute atomic E-state index is 0.101. The zero-order valence-electron chi connectivity index (χ0n) is 11.0. The summed E-state index contributed by atoms with van der Waals surface area (Å²) in [5.41, 5.74) is 7.47. The summed E-state index contributed by atoms with van der Waals surface area (Å²) in [7, 11) is 1.74. The highest BCUT2D eigenvalue weighted by Gasteiger charge is 2.19. The number of aromatic nitrogens is 4. The summed E-state index contributed by atoms with van der Waals surface area (Å²) in [6.07, 6.45) is 1.64. The highest BCUT2D eigenvalue weighted by atomic mass is 16.6. The summed E-state index contributed by atoms with van der Waals surface area (Å²) >= 11 is 0. The summed E-state index contributed by atoms with van der Waals surface area (Å²) in [5.74, 6) is 0.541. The first-order valence-electron chi connectivity index (χ1n) is 5.98. The summed E-state index contributed by atoms with van der Waals surface area (Å²) < 4.78 is 6.15. The maximum atomic E-state index is 10.9. The van der Waals surface area contributed by atoms with E-state index >= 15 is 0 Å². The van der Waals surface area contributed by atoms with Crippen LogP contribution in [-0.4, -0.2) is 25.0 Å². The largest absolute Gasteiger partial charge is 0.384 e. The second kappa shape index (κ2) is 4.74. The molecule has 0 aliphatic heterocycles. The van der Waals surface area contributed by atoms with Crippen LogP contribution in [0.3, 0.4) is 0 Å². The maximum absolute atomic E-state index is 10.9. The molecule has 0 radical (unpaired) electrons. The first-order chi connectivity index (χ1) is 10.1. The molecule has 0 spiro atoms. The van der Waals surface area contributed by atoms with E-state index in [-0.39, 0.29) is 11.2 Å². The van der Waals surface area contributed by atoms with Gasteiger partial charge in [-0.3, -0.25) is 14.8 Å². The number of nitrogens with one attached hydrogen (secondary N) is 1. The molecule has 0 aliphatic rings. The smallest absolute Gasteiger partial charge is 0.300 e. The van der Waals surface area contributed by atoms with Crippen LogP contribution < -0.4 is 11.1 Å². The molecule has 2 heterocycles. The third kappa shape index (κ3) is 2.12. The Morgan fingerprint density at radius 3 is 2.86 bits per heavy atom. The van der Waals surface area contributed by atoms with Gasteiger partial charge in [0.1, 0.15) is 5.82 Å². The highest BCUT2D eigenvalue weighted by molar-refractivity contribution is 5.93. The Bertz CT molecular complexity index is 822. The standard InChI is InChI=1S/C11H11N7O3/c1-17-11(12)6(5-14-17)4-13-7-2-3-8(18(19)20)10-9(7)15-21-16-10/h2-3,5,13H,4,12H2,1H3. The molecule has 2 aromatic heterocycles. The predicted molar refractivity (Wildman–Crippen MR) is 73.4 cm³/mol. The minimum atomic E-state index is -0.532. The van der Waals surface area contributed by atoms with Crippen LogP contribution >= 0.6 is 0 Å². The number of anilines is 2. The molecule has 0 aliphatic carbocycles. The number of non-ortho nitro benzene ring substituents is 1. The van der Waals surface area contributed by atoms with E-state index in [2.05, 4.69) is 25.4 Å². The van der Waals surface area contributed by atoms with Gasteiger partial charge in [0.25, 0.3) is 0 Å². The van der Waals surface area contributed by atoms with Gasteiger partial charge in [-0.1, -0.05) is 0 Å². The van der Waals surface area contributed by atoms with E-state index in [0.29, 0.717) is 23.6 Å². The number of hydrogen-bond donors (Lipinski definition) is 2. The Kier molecular flexibility index (Phi) is 2.90. The predicted octanol–water partition coefficient (Wildman–Crippen LogP) is 1.06. The van der Waals surface area contributed by atoms with Gasteiger partial charge in [0.15, 0.2) is 5.52 Å². The Balaban J connectivity index is 1.91. The van der Waals surface area contributed by atoms with Crippen LogP contribution in [0.1, 0.15) is 5.56 Å². The zero-order valence-corrected chi connectivity index (χ0v) is 11.0. The van der Waals surface area contributed by atoms with Gasteiger partial charge in [0.05, 0.1) is 16.8 Å². The number of nitro groups is 1. The summed E-state index contributed by atoms with van der Waals surface area (Å²) in [6.45, 7) is 0.402. The van der Waals surface area contributed by atoms with E-state index in [1.54, 1.807) is 24.0 Å². The summed E-state index contributed by atoms with van der Waals surface area (Å²) in [4.78, 5) is 10.4. The topological polar surface area (TPSA) is 138 Å². The number of hydrogen-bond acceptors (Lipinski definition) is 8. The van der Waals surface area contributed by atoms with Crippen LogP contribution in [-0.2, 0) is 13.6 Å². The van der Waals surface area contributed by atoms with E-state index < -0.39 is 4.92 Å². The fourth-order valence-corrected chi connectivity index (χ4v) is 1.96. The van der Waals surface area contributed by atoms with Crippen LogP contribution in [0.4, 0.5) is 17.2 Å². The molecule has 0 unspecified atom stereocenters. The summed E-state index contributed by atoms with van der Waals surface area (Å²) in [6, 6.07) is 2.90. The van der Waals surface area contributed by atoms with Crippen LogP contribution in [0.15, 0.2) is 23.0 Å². The lowest BCUT2D eigenvalue weighted by molar-refractivity contribution is -0.383. The number of benzene rings is 1. The van der Waals surface area contributed by atoms with Gasteiger partial charge in [-0.15, -0.1) is 0 Å². The average Bonchev–Trinajstić information content (AvgIpc) is 3.05. The molecule has 0 fully saturated rings. The molecule has 0 amide bonds. The van der Waals surface area contributed by atoms with E-state index in [4.69, 9.17) is 5.73 Å². The molecule has 3 aromatic rings. The van der Waals surface area contributed by atoms with Gasteiger partial charge in [-0.25, -0.2) is 4.63 Å². The lowest BCUT2D eigenvalue weighted by Gasteiger charge is -2.06. The molecule has 21 heavy (non-hydrogen) atoms. The van der Waals surface area contributed by atoms with E-state index in [9.17, 15) is 10.1 Å². The van der Waals surface area contributed by atoms with Gasteiger partial charge < -0.3 is 11.1 Å². The molecule has 10 nitrogen and oxygen atoms in total. The Morgan fingerprint density at radius 1 is 1.43 bits per heavy atom. The number of fused-ring (bicyclic) bond motifs is 1. The Labute approximate surface area is 117 Å². The van der Waals surface area contributed by atoms with E-state index in [1.807, 2.05) is 0 Å². The van der Waals surface area contributed by atoms with Crippen molar-refractivity contribution in [3.05, 3.63) is 34.0 Å². The van der Waals surface area contributed by atoms with Crippen molar-refractivity contribution in [1.29, 1.82) is 0 Å². The molecular formula is C11H11N7O3. The lowest BCUT2D eigenvalue weighted by Crippen LogP contribution is -2.04. The molecule has 1 aromatic carbocycles. The number of nitrogens with zero attached hydrogens (tertiary/aromatic N) is 5. The van der Waals surface area contributed by atoms with E-state index in [1.165, 1.54) is 6.07 Å². The summed E-state index contributed by atoms with van der Waals surface area (Å²) in [5, 5.41) is 25.3. The molecule has 0 saturated heterocycles. The van der Waals surface area contributed by atoms with Gasteiger partial charge in [-0.05, 0) is 16.4 Å². The minimum Gasteiger partial charge on any atom is -0.384 e. The number of rotatable bonds is 4. The third-order valence-electron chi connectivity index (χ3n) is 3.12. The van der Waals surface area contributed by atoms with Gasteiger partial charge in [0.2, 0.25) is 5.52 Å². The molecule has 0 saturated carbocycles. The van der Waals surface area contributed by atoms with Crippen molar-refractivity contribution in [2.45, 2.75) is 6.54 Å². The van der Waals surface area contributed by atoms with Gasteiger partial charge in [0, 0.05) is 25.2 Å². The van der Waals surface area contributed by atoms with Gasteiger partial charge in [-0.2, -0.15) is 5.10 Å². The van der Waals surface area contributed by atoms with Crippen LogP contribution in [0.25, 0.3) is 11.0 Å². The molecule has 3 N–H and O–H groups in total. The first kappa shape index (κ1) is 12.8. The number of nitro benzene ring substituents is 1. The van der Waals surface area contributed by atoms with Crippen molar-refractivity contribution < 1.29 is 9.55 Å². The number of nitrogens with two attached hydrogens (primary N) is 1. The second-order valence-electron chi connectivity index (χ2n) is 4.38. The zero-order chi connectivity index (χ0) is 15.0. The third-order valence-corrected chi connectivity index (χ3v) is 3.12. The van der Waals surface area contributed by atoms with Crippen LogP contribution in [0.2, 0.25) is 0 Å². The van der Waals surface area contributed by atoms with Crippen molar-refractivity contribution >= 4 is 28.2 Å². The first-order valence-corrected chi connectivity index (χ1v) is 5.98. The monoisotopic (exact) mass is 289 g/mol. The van der Waals surface area contributed by atoms with Crippen LogP contribution in [0.5, 0.6) is 0 Å². The van der Waals surface area contributed by atoms with Crippen molar-refractivity contribution in [3.63, 3.8) is 0 Å². The SMILES string of the molecule is Cn1ncc(CNc2ccc([N+](=O)[O-])c3nonc23)c1N. The molecule has 10 heteroatoms. The number of nitrogen functional groups attached to an aromatic ring is 1. The van der Waals surface area contributed by atoms with Crippen LogP contribution in [0, 0.1) is 10.1 Å². The normalized spacial score (nSPS) is 10.9. The molecule has 0 atom stereocenters. The van der Waals surface area contributed by atoms with E-state index in [0.717, 1.165) is 5.56 Å². The quantitative estimate of drug-likeness (QED) is 0.537. The van der Waals surface area contributed by atoms with Gasteiger partial charge >= 0.3 is 5.69 Å². The Morgan fingerprint density at radius 2 is 2.19 bits per heavy atom. The molecule has 3 rings (SSSR count).